The third-order valence-corrected chi connectivity index (χ3v) is 2.59. The lowest BCUT2D eigenvalue weighted by Gasteiger charge is -2.13. The lowest BCUT2D eigenvalue weighted by molar-refractivity contribution is -0.108. The van der Waals surface area contributed by atoms with E-state index in [1.54, 1.807) is 0 Å². The van der Waals surface area contributed by atoms with Gasteiger partial charge in [-0.15, -0.1) is 0 Å². The molecule has 1 aliphatic heterocycles. The van der Waals surface area contributed by atoms with Crippen molar-refractivity contribution in [2.75, 3.05) is 20.2 Å². The number of ether oxygens (including phenoxy) is 1. The Hall–Kier alpha value is -1.35. The molecule has 1 aromatic carbocycles. The van der Waals surface area contributed by atoms with Gasteiger partial charge in [-0.1, -0.05) is 12.1 Å². The van der Waals surface area contributed by atoms with Gasteiger partial charge in [0.05, 0.1) is 13.2 Å². The molecule has 0 saturated carbocycles. The van der Waals surface area contributed by atoms with Gasteiger partial charge in [-0.2, -0.15) is 0 Å². The summed E-state index contributed by atoms with van der Waals surface area (Å²) in [5.74, 6) is 1.01. The van der Waals surface area contributed by atoms with Crippen LogP contribution >= 0.6 is 0 Å². The summed E-state index contributed by atoms with van der Waals surface area (Å²) < 4.78 is 5.44. The third-order valence-electron chi connectivity index (χ3n) is 2.59. The summed E-state index contributed by atoms with van der Waals surface area (Å²) >= 11 is 0. The molecule has 80 valence electrons. The van der Waals surface area contributed by atoms with E-state index in [1.165, 1.54) is 11.1 Å². The first-order valence-electron chi connectivity index (χ1n) is 5.16. The van der Waals surface area contributed by atoms with Crippen LogP contribution in [0.3, 0.4) is 0 Å². The minimum absolute atomic E-state index is 0.480. The SMILES string of the molecule is CN(CC=O)Cc1ccc2c(c1)CCO2. The lowest BCUT2D eigenvalue weighted by atomic mass is 10.1. The normalized spacial score (nSPS) is 13.7. The number of benzene rings is 1. The maximum atomic E-state index is 10.3. The molecular formula is C12H15NO2. The van der Waals surface area contributed by atoms with Crippen LogP contribution in [0.15, 0.2) is 18.2 Å². The van der Waals surface area contributed by atoms with Gasteiger partial charge in [0.2, 0.25) is 0 Å². The Labute approximate surface area is 89.7 Å². The fraction of sp³-hybridized carbons (Fsp3) is 0.417. The summed E-state index contributed by atoms with van der Waals surface area (Å²) in [4.78, 5) is 12.3. The van der Waals surface area contributed by atoms with Gasteiger partial charge in [-0.25, -0.2) is 0 Å². The highest BCUT2D eigenvalue weighted by molar-refractivity contribution is 5.52. The average Bonchev–Trinajstić information content (AvgIpc) is 2.65. The molecule has 1 aliphatic rings. The minimum atomic E-state index is 0.480. The van der Waals surface area contributed by atoms with Crippen molar-refractivity contribution >= 4 is 6.29 Å². The van der Waals surface area contributed by atoms with Crippen LogP contribution in [0.4, 0.5) is 0 Å². The van der Waals surface area contributed by atoms with Crippen LogP contribution in [0.1, 0.15) is 11.1 Å². The highest BCUT2D eigenvalue weighted by atomic mass is 16.5. The van der Waals surface area contributed by atoms with Crippen LogP contribution in [-0.4, -0.2) is 31.4 Å². The predicted octanol–water partition coefficient (Wildman–Crippen LogP) is 1.25. The number of likely N-dealkylation sites (N-methyl/N-ethyl adjacent to an activating group) is 1. The molecule has 15 heavy (non-hydrogen) atoms. The number of hydrogen-bond donors (Lipinski definition) is 0. The van der Waals surface area contributed by atoms with E-state index in [1.807, 2.05) is 18.0 Å². The van der Waals surface area contributed by atoms with Gasteiger partial charge in [-0.05, 0) is 24.2 Å². The molecule has 0 fully saturated rings. The predicted molar refractivity (Wildman–Crippen MR) is 58.0 cm³/mol. The summed E-state index contributed by atoms with van der Waals surface area (Å²) in [5.41, 5.74) is 2.52. The number of hydrogen-bond acceptors (Lipinski definition) is 3. The quantitative estimate of drug-likeness (QED) is 0.693. The fourth-order valence-corrected chi connectivity index (χ4v) is 1.84. The Morgan fingerprint density at radius 1 is 1.53 bits per heavy atom. The van der Waals surface area contributed by atoms with Gasteiger partial charge in [0.15, 0.2) is 0 Å². The molecule has 3 nitrogen and oxygen atoms in total. The lowest BCUT2D eigenvalue weighted by Crippen LogP contribution is -2.19. The van der Waals surface area contributed by atoms with Gasteiger partial charge >= 0.3 is 0 Å². The van der Waals surface area contributed by atoms with Crippen molar-refractivity contribution in [3.05, 3.63) is 29.3 Å². The molecule has 0 aliphatic carbocycles. The zero-order valence-electron chi connectivity index (χ0n) is 8.90. The summed E-state index contributed by atoms with van der Waals surface area (Å²) in [6.07, 6.45) is 1.93. The largest absolute Gasteiger partial charge is 0.493 e. The summed E-state index contributed by atoms with van der Waals surface area (Å²) in [6, 6.07) is 6.25. The molecule has 3 heteroatoms. The van der Waals surface area contributed by atoms with Gasteiger partial charge in [0.25, 0.3) is 0 Å². The molecule has 2 rings (SSSR count). The number of aldehydes is 1. The molecular weight excluding hydrogens is 190 g/mol. The highest BCUT2D eigenvalue weighted by Crippen LogP contribution is 2.26. The van der Waals surface area contributed by atoms with Crippen LogP contribution in [0.2, 0.25) is 0 Å². The van der Waals surface area contributed by atoms with E-state index < -0.39 is 0 Å². The Morgan fingerprint density at radius 2 is 2.40 bits per heavy atom. The zero-order chi connectivity index (χ0) is 10.7. The van der Waals surface area contributed by atoms with Crippen molar-refractivity contribution in [2.24, 2.45) is 0 Å². The first-order chi connectivity index (χ1) is 7.29. The van der Waals surface area contributed by atoms with Crippen molar-refractivity contribution in [3.8, 4) is 5.75 Å². The molecule has 0 saturated heterocycles. The first kappa shape index (κ1) is 10.2. The van der Waals surface area contributed by atoms with E-state index in [4.69, 9.17) is 4.74 Å². The molecule has 1 heterocycles. The number of carbonyl (C=O) groups excluding carboxylic acids is 1. The highest BCUT2D eigenvalue weighted by Gasteiger charge is 2.12. The van der Waals surface area contributed by atoms with Crippen molar-refractivity contribution < 1.29 is 9.53 Å². The van der Waals surface area contributed by atoms with E-state index >= 15 is 0 Å². The molecule has 0 unspecified atom stereocenters. The van der Waals surface area contributed by atoms with Gasteiger partial charge in [0, 0.05) is 13.0 Å². The molecule has 0 radical (unpaired) electrons. The van der Waals surface area contributed by atoms with Crippen LogP contribution in [0, 0.1) is 0 Å². The standard InChI is InChI=1S/C12H15NO2/c1-13(5-6-14)9-10-2-3-12-11(8-10)4-7-15-12/h2-3,6,8H,4-5,7,9H2,1H3. The molecule has 0 atom stereocenters. The number of fused-ring (bicyclic) bond motifs is 1. The van der Waals surface area contributed by atoms with E-state index in [-0.39, 0.29) is 0 Å². The molecule has 0 aromatic heterocycles. The molecule has 0 spiro atoms. The minimum Gasteiger partial charge on any atom is -0.493 e. The van der Waals surface area contributed by atoms with Crippen LogP contribution < -0.4 is 4.74 Å². The van der Waals surface area contributed by atoms with E-state index in [0.717, 1.165) is 31.6 Å². The first-order valence-corrected chi connectivity index (χ1v) is 5.16. The molecule has 0 amide bonds. The monoisotopic (exact) mass is 205 g/mol. The van der Waals surface area contributed by atoms with Gasteiger partial charge in [0.1, 0.15) is 12.0 Å². The second kappa shape index (κ2) is 4.45. The summed E-state index contributed by atoms with van der Waals surface area (Å²) in [6.45, 7) is 2.09. The fourth-order valence-electron chi connectivity index (χ4n) is 1.84. The Kier molecular flexibility index (Phi) is 3.02. The smallest absolute Gasteiger partial charge is 0.133 e. The second-order valence-electron chi connectivity index (χ2n) is 3.90. The third kappa shape index (κ3) is 2.36. The van der Waals surface area contributed by atoms with Crippen molar-refractivity contribution in [2.45, 2.75) is 13.0 Å². The van der Waals surface area contributed by atoms with E-state index in [2.05, 4.69) is 12.1 Å². The summed E-state index contributed by atoms with van der Waals surface area (Å²) in [7, 11) is 1.94. The molecule has 1 aromatic rings. The van der Waals surface area contributed by atoms with Crippen molar-refractivity contribution in [1.29, 1.82) is 0 Å². The Bertz CT molecular complexity index is 363. The van der Waals surface area contributed by atoms with Crippen LogP contribution in [-0.2, 0) is 17.8 Å². The van der Waals surface area contributed by atoms with Gasteiger partial charge in [-0.3, -0.25) is 4.90 Å². The van der Waals surface area contributed by atoms with E-state index in [0.29, 0.717) is 6.54 Å². The van der Waals surface area contributed by atoms with Crippen molar-refractivity contribution in [1.82, 2.24) is 4.90 Å². The van der Waals surface area contributed by atoms with Crippen molar-refractivity contribution in [3.63, 3.8) is 0 Å². The average molecular weight is 205 g/mol. The number of rotatable bonds is 4. The van der Waals surface area contributed by atoms with Gasteiger partial charge < -0.3 is 9.53 Å². The van der Waals surface area contributed by atoms with Crippen LogP contribution in [0.5, 0.6) is 5.75 Å². The number of carbonyl (C=O) groups is 1. The van der Waals surface area contributed by atoms with E-state index in [9.17, 15) is 4.79 Å². The summed E-state index contributed by atoms with van der Waals surface area (Å²) in [5, 5.41) is 0. The Morgan fingerprint density at radius 3 is 3.20 bits per heavy atom. The molecule has 0 bridgehead atoms. The maximum absolute atomic E-state index is 10.3. The molecule has 0 N–H and O–H groups in total. The second-order valence-corrected chi connectivity index (χ2v) is 3.90. The van der Waals surface area contributed by atoms with Crippen LogP contribution in [0.25, 0.3) is 0 Å². The maximum Gasteiger partial charge on any atom is 0.133 e. The topological polar surface area (TPSA) is 29.5 Å². The zero-order valence-corrected chi connectivity index (χ0v) is 8.90. The Balaban J connectivity index is 2.06. The number of nitrogens with zero attached hydrogens (tertiary/aromatic N) is 1.